The van der Waals surface area contributed by atoms with E-state index in [4.69, 9.17) is 9.57 Å². The van der Waals surface area contributed by atoms with Crippen molar-refractivity contribution in [3.8, 4) is 5.75 Å². The highest BCUT2D eigenvalue weighted by Crippen LogP contribution is 2.37. The molecule has 3 fully saturated rings. The van der Waals surface area contributed by atoms with Crippen molar-refractivity contribution in [1.82, 2.24) is 19.8 Å². The molecule has 11 heteroatoms. The van der Waals surface area contributed by atoms with Crippen LogP contribution >= 0.6 is 0 Å². The van der Waals surface area contributed by atoms with Gasteiger partial charge < -0.3 is 19.9 Å². The Bertz CT molecular complexity index is 1350. The first kappa shape index (κ1) is 27.6. The van der Waals surface area contributed by atoms with Gasteiger partial charge in [0.15, 0.2) is 5.82 Å². The molecular formula is C30H37F2N7O2. The second kappa shape index (κ2) is 12.1. The number of piperazine rings is 1. The van der Waals surface area contributed by atoms with Gasteiger partial charge in [0.25, 0.3) is 0 Å². The number of rotatable bonds is 7. The van der Waals surface area contributed by atoms with Crippen LogP contribution in [0.25, 0.3) is 0 Å². The Morgan fingerprint density at radius 1 is 0.927 bits per heavy atom. The molecule has 3 saturated heterocycles. The summed E-state index contributed by atoms with van der Waals surface area (Å²) in [4.78, 5) is 21.9. The molecule has 2 aromatic carbocycles. The molecule has 41 heavy (non-hydrogen) atoms. The zero-order valence-electron chi connectivity index (χ0n) is 23.6. The van der Waals surface area contributed by atoms with Gasteiger partial charge in [0.05, 0.1) is 25.4 Å². The molecule has 1 N–H and O–H groups in total. The topological polar surface area (TPSA) is 69.2 Å². The number of hydrogen-bond acceptors (Lipinski definition) is 9. The Kier molecular flexibility index (Phi) is 8.18. The van der Waals surface area contributed by atoms with Crippen LogP contribution < -0.4 is 20.0 Å². The van der Waals surface area contributed by atoms with Crippen LogP contribution in [0.4, 0.5) is 31.8 Å². The number of anilines is 4. The zero-order chi connectivity index (χ0) is 28.3. The first-order valence-corrected chi connectivity index (χ1v) is 14.3. The van der Waals surface area contributed by atoms with Crippen molar-refractivity contribution in [3.63, 3.8) is 0 Å². The number of nitrogens with zero attached hydrogens (tertiary/aromatic N) is 6. The van der Waals surface area contributed by atoms with Gasteiger partial charge in [-0.15, -0.1) is 0 Å². The average molecular weight is 566 g/mol. The third kappa shape index (κ3) is 6.07. The highest BCUT2D eigenvalue weighted by molar-refractivity contribution is 5.69. The van der Waals surface area contributed by atoms with Gasteiger partial charge in [0.1, 0.15) is 29.5 Å². The minimum absolute atomic E-state index is 0.239. The number of likely N-dealkylation sites (N-methyl/N-ethyl adjacent to an activating group) is 1. The van der Waals surface area contributed by atoms with Crippen LogP contribution in [0.2, 0.25) is 0 Å². The normalized spacial score (nSPS) is 20.9. The molecule has 9 nitrogen and oxygen atoms in total. The Morgan fingerprint density at radius 3 is 2.51 bits per heavy atom. The second-order valence-electron chi connectivity index (χ2n) is 11.0. The summed E-state index contributed by atoms with van der Waals surface area (Å²) in [6, 6.07) is 11.4. The van der Waals surface area contributed by atoms with Crippen molar-refractivity contribution in [2.45, 2.75) is 31.3 Å². The fraction of sp³-hybridized carbons (Fsp3) is 0.467. The molecule has 0 amide bonds. The quantitative estimate of drug-likeness (QED) is 0.443. The molecule has 4 heterocycles. The van der Waals surface area contributed by atoms with Gasteiger partial charge in [0.2, 0.25) is 0 Å². The number of piperidine rings is 1. The molecule has 1 aromatic heterocycles. The summed E-state index contributed by atoms with van der Waals surface area (Å²) in [5.74, 6) is 0.837. The molecule has 3 aliphatic heterocycles. The van der Waals surface area contributed by atoms with E-state index in [2.05, 4.69) is 43.1 Å². The van der Waals surface area contributed by atoms with Crippen LogP contribution in [-0.4, -0.2) is 85.8 Å². The van der Waals surface area contributed by atoms with E-state index < -0.39 is 17.7 Å². The van der Waals surface area contributed by atoms with Gasteiger partial charge in [-0.25, -0.2) is 23.8 Å². The molecule has 1 atom stereocenters. The number of aromatic nitrogens is 2. The van der Waals surface area contributed by atoms with E-state index in [0.717, 1.165) is 81.4 Å². The zero-order valence-corrected chi connectivity index (χ0v) is 23.6. The fourth-order valence-corrected chi connectivity index (χ4v) is 6.11. The summed E-state index contributed by atoms with van der Waals surface area (Å²) < 4.78 is 34.2. The lowest BCUT2D eigenvalue weighted by Crippen LogP contribution is -2.52. The van der Waals surface area contributed by atoms with Crippen LogP contribution in [-0.2, 0) is 4.84 Å². The highest BCUT2D eigenvalue weighted by Gasteiger charge is 2.32. The van der Waals surface area contributed by atoms with Crippen molar-refractivity contribution < 1.29 is 18.4 Å². The van der Waals surface area contributed by atoms with Crippen molar-refractivity contribution in [2.75, 3.05) is 75.3 Å². The van der Waals surface area contributed by atoms with E-state index in [1.165, 1.54) is 17.5 Å². The Morgan fingerprint density at radius 2 is 1.73 bits per heavy atom. The van der Waals surface area contributed by atoms with Crippen molar-refractivity contribution >= 4 is 23.0 Å². The first-order chi connectivity index (χ1) is 20.0. The minimum atomic E-state index is -0.492. The van der Waals surface area contributed by atoms with Crippen LogP contribution in [0.5, 0.6) is 5.75 Å². The standard InChI is InChI=1S/C30H37F2N7O2/c1-36-12-14-37(15-13-36)23-7-10-38(11-8-23)27-6-4-22(18-28(27)40-2)35-29-19-30(34-20-33-29)39-26(9-16-41-39)24-17-21(31)3-5-25(24)32/h3-6,17-20,23,26H,7-16H2,1-2H3,(H,33,34,35). The summed E-state index contributed by atoms with van der Waals surface area (Å²) in [5, 5.41) is 4.85. The number of hydrogen-bond donors (Lipinski definition) is 1. The first-order valence-electron chi connectivity index (χ1n) is 14.3. The lowest BCUT2D eigenvalue weighted by atomic mass is 10.0. The van der Waals surface area contributed by atoms with E-state index in [9.17, 15) is 8.78 Å². The third-order valence-corrected chi connectivity index (χ3v) is 8.41. The van der Waals surface area contributed by atoms with Crippen molar-refractivity contribution in [3.05, 3.63) is 66.0 Å². The fourth-order valence-electron chi connectivity index (χ4n) is 6.11. The molecule has 0 saturated carbocycles. The van der Waals surface area contributed by atoms with Gasteiger partial charge in [0, 0.05) is 75.1 Å². The minimum Gasteiger partial charge on any atom is -0.495 e. The summed E-state index contributed by atoms with van der Waals surface area (Å²) in [5.41, 5.74) is 2.14. The van der Waals surface area contributed by atoms with Crippen LogP contribution in [0.15, 0.2) is 48.8 Å². The molecule has 3 aliphatic rings. The maximum Gasteiger partial charge on any atom is 0.158 e. The van der Waals surface area contributed by atoms with E-state index >= 15 is 0 Å². The molecule has 218 valence electrons. The predicted octanol–water partition coefficient (Wildman–Crippen LogP) is 4.61. The summed E-state index contributed by atoms with van der Waals surface area (Å²) in [7, 11) is 3.89. The Hall–Kier alpha value is -3.54. The van der Waals surface area contributed by atoms with E-state index in [1.807, 2.05) is 12.1 Å². The maximum absolute atomic E-state index is 14.5. The highest BCUT2D eigenvalue weighted by atomic mass is 19.1. The number of benzene rings is 2. The van der Waals surface area contributed by atoms with Gasteiger partial charge in [-0.1, -0.05) is 0 Å². The SMILES string of the molecule is COc1cc(Nc2cc(N3OCCC3c3cc(F)ccc3F)ncn2)ccc1N1CCC(N2CCN(C)CC2)CC1. The smallest absolute Gasteiger partial charge is 0.158 e. The molecule has 6 rings (SSSR count). The molecule has 0 bridgehead atoms. The largest absolute Gasteiger partial charge is 0.495 e. The number of nitrogens with one attached hydrogen (secondary N) is 1. The molecular weight excluding hydrogens is 528 g/mol. The van der Waals surface area contributed by atoms with Crippen LogP contribution in [0.1, 0.15) is 30.9 Å². The van der Waals surface area contributed by atoms with E-state index in [0.29, 0.717) is 30.7 Å². The Balaban J connectivity index is 1.13. The lowest BCUT2D eigenvalue weighted by molar-refractivity contribution is 0.0981. The average Bonchev–Trinajstić information content (AvgIpc) is 3.49. The van der Waals surface area contributed by atoms with E-state index in [1.54, 1.807) is 13.2 Å². The number of halogens is 2. The van der Waals surface area contributed by atoms with Gasteiger partial charge >= 0.3 is 0 Å². The van der Waals surface area contributed by atoms with E-state index in [-0.39, 0.29) is 5.56 Å². The Labute approximate surface area is 239 Å². The van der Waals surface area contributed by atoms with Crippen molar-refractivity contribution in [2.24, 2.45) is 0 Å². The van der Waals surface area contributed by atoms with Gasteiger partial charge in [-0.2, -0.15) is 0 Å². The number of hydroxylamine groups is 1. The molecule has 1 unspecified atom stereocenters. The predicted molar refractivity (Wildman–Crippen MR) is 155 cm³/mol. The molecule has 0 radical (unpaired) electrons. The number of ether oxygens (including phenoxy) is 1. The van der Waals surface area contributed by atoms with Gasteiger partial charge in [-0.3, -0.25) is 9.74 Å². The molecule has 3 aromatic rings. The lowest BCUT2D eigenvalue weighted by Gasteiger charge is -2.42. The second-order valence-corrected chi connectivity index (χ2v) is 11.0. The molecule has 0 aliphatic carbocycles. The third-order valence-electron chi connectivity index (χ3n) is 8.41. The van der Waals surface area contributed by atoms with Gasteiger partial charge in [-0.05, 0) is 50.2 Å². The molecule has 0 spiro atoms. The summed E-state index contributed by atoms with van der Waals surface area (Å²) in [6.45, 7) is 6.97. The van der Waals surface area contributed by atoms with Crippen molar-refractivity contribution in [1.29, 1.82) is 0 Å². The maximum atomic E-state index is 14.5. The van der Waals surface area contributed by atoms with Crippen LogP contribution in [0.3, 0.4) is 0 Å². The summed E-state index contributed by atoms with van der Waals surface area (Å²) >= 11 is 0. The monoisotopic (exact) mass is 565 g/mol. The van der Waals surface area contributed by atoms with Crippen LogP contribution in [0, 0.1) is 11.6 Å². The number of methoxy groups -OCH3 is 1. The summed E-state index contributed by atoms with van der Waals surface area (Å²) in [6.07, 6.45) is 4.23.